The van der Waals surface area contributed by atoms with Crippen molar-refractivity contribution in [3.63, 3.8) is 0 Å². The first-order valence-corrected chi connectivity index (χ1v) is 12.4. The van der Waals surface area contributed by atoms with Crippen molar-refractivity contribution in [2.24, 2.45) is 0 Å². The molecule has 23 heavy (non-hydrogen) atoms. The minimum absolute atomic E-state index is 0.245. The molecule has 148 valence electrons. The van der Waals surface area contributed by atoms with E-state index in [9.17, 15) is 17.4 Å². The van der Waals surface area contributed by atoms with Gasteiger partial charge in [0, 0.05) is 57.0 Å². The average Bonchev–Trinajstić information content (AvgIpc) is 2.29. The lowest BCUT2D eigenvalue weighted by molar-refractivity contribution is -0.137. The zero-order chi connectivity index (χ0) is 20.5. The molecule has 0 amide bonds. The van der Waals surface area contributed by atoms with Crippen LogP contribution in [0.25, 0.3) is 0 Å². The molecule has 0 aliphatic heterocycles. The quantitative estimate of drug-likeness (QED) is 0.579. The Hall–Kier alpha value is -0.120. The summed E-state index contributed by atoms with van der Waals surface area (Å²) in [6.45, 7) is 5.61. The number of methoxy groups -OCH3 is 2. The van der Waals surface area contributed by atoms with Crippen molar-refractivity contribution in [1.82, 2.24) is 0 Å². The van der Waals surface area contributed by atoms with Crippen molar-refractivity contribution in [1.29, 1.82) is 0 Å². The molecule has 0 saturated heterocycles. The van der Waals surface area contributed by atoms with E-state index in [1.165, 1.54) is 20.5 Å². The van der Waals surface area contributed by atoms with E-state index < -0.39 is 20.6 Å². The van der Waals surface area contributed by atoms with Crippen molar-refractivity contribution in [3.05, 3.63) is 0 Å². The van der Waals surface area contributed by atoms with E-state index in [1.54, 1.807) is 38.5 Å². The van der Waals surface area contributed by atoms with E-state index in [1.807, 2.05) is 12.5 Å². The second-order valence-corrected chi connectivity index (χ2v) is 8.69. The van der Waals surface area contributed by atoms with Crippen LogP contribution < -0.4 is 0 Å². The van der Waals surface area contributed by atoms with Crippen molar-refractivity contribution in [3.8, 4) is 0 Å². The Morgan fingerprint density at radius 3 is 1.09 bits per heavy atom. The van der Waals surface area contributed by atoms with Crippen LogP contribution in [0.1, 0.15) is 27.2 Å². The lowest BCUT2D eigenvalue weighted by Gasteiger charge is -1.80. The largest absolute Gasteiger partial charge is 0.469 e. The minimum atomic E-state index is -2.67. The van der Waals surface area contributed by atoms with Gasteiger partial charge >= 0.3 is 5.97 Å². The molecule has 0 aromatic carbocycles. The maximum Gasteiger partial charge on any atom is 0.302 e. The van der Waals surface area contributed by atoms with E-state index >= 15 is 0 Å². The summed E-state index contributed by atoms with van der Waals surface area (Å²) >= 11 is 1.75. The summed E-state index contributed by atoms with van der Waals surface area (Å²) in [5.41, 5.74) is 0. The van der Waals surface area contributed by atoms with Crippen LogP contribution in [0.5, 0.6) is 0 Å². The Morgan fingerprint density at radius 2 is 1.09 bits per heavy atom. The number of sulfone groups is 1. The van der Waals surface area contributed by atoms with Gasteiger partial charge in [0.15, 0.2) is 0 Å². The molecule has 0 aromatic heterocycles. The molecule has 0 aliphatic carbocycles. The first-order valence-electron chi connectivity index (χ1n) is 6.50. The second-order valence-electron chi connectivity index (χ2n) is 4.10. The second kappa shape index (κ2) is 37.8. The van der Waals surface area contributed by atoms with Crippen molar-refractivity contribution in [2.75, 3.05) is 58.9 Å². The number of carbonyl (C=O) groups is 1. The molecule has 0 rings (SSSR count). The van der Waals surface area contributed by atoms with Crippen molar-refractivity contribution < 1.29 is 26.9 Å². The normalized spacial score (nSPS) is 7.87. The molecule has 0 spiro atoms. The Balaban J connectivity index is -0.0000000383. The monoisotopic (exact) mass is 398 g/mol. The minimum Gasteiger partial charge on any atom is -0.469 e. The molecule has 0 radical (unpaired) electrons. The molecule has 0 aromatic rings. The Morgan fingerprint density at radius 1 is 1.04 bits per heavy atom. The molecule has 0 N–H and O–H groups in total. The van der Waals surface area contributed by atoms with E-state index in [2.05, 4.69) is 23.3 Å². The van der Waals surface area contributed by atoms with Crippen LogP contribution >= 0.6 is 11.8 Å². The predicted octanol–water partition coefficient (Wildman–Crippen LogP) is 2.49. The average molecular weight is 399 g/mol. The summed E-state index contributed by atoms with van der Waals surface area (Å²) in [6, 6.07) is 0. The zero-order valence-electron chi connectivity index (χ0n) is 16.9. The molecule has 0 aliphatic rings. The van der Waals surface area contributed by atoms with Crippen LogP contribution in [0.2, 0.25) is 0 Å². The highest BCUT2D eigenvalue weighted by atomic mass is 32.2. The number of ether oxygens (including phenoxy) is 2. The van der Waals surface area contributed by atoms with Gasteiger partial charge in [0.1, 0.15) is 9.84 Å². The van der Waals surface area contributed by atoms with Gasteiger partial charge in [-0.2, -0.15) is 11.8 Å². The van der Waals surface area contributed by atoms with Crippen LogP contribution in [0.3, 0.4) is 0 Å². The number of hydrogen-bond acceptors (Lipinski definition) is 7. The summed E-state index contributed by atoms with van der Waals surface area (Å²) in [6.07, 6.45) is 10.9. The molecule has 6 nitrogen and oxygen atoms in total. The van der Waals surface area contributed by atoms with Crippen molar-refractivity contribution >= 4 is 38.4 Å². The number of rotatable bonds is 0. The summed E-state index contributed by atoms with van der Waals surface area (Å²) in [5.74, 6) is -0.245. The molecular weight excluding hydrogens is 360 g/mol. The van der Waals surface area contributed by atoms with Crippen LogP contribution in [0.4, 0.5) is 0 Å². The fourth-order valence-electron chi connectivity index (χ4n) is 0. The topological polar surface area (TPSA) is 86.7 Å². The van der Waals surface area contributed by atoms with Gasteiger partial charge in [-0.05, 0) is 12.5 Å². The van der Waals surface area contributed by atoms with Gasteiger partial charge in [-0.1, -0.05) is 20.3 Å². The number of carbonyl (C=O) groups excluding carboxylic acids is 1. The van der Waals surface area contributed by atoms with Gasteiger partial charge in [0.25, 0.3) is 0 Å². The molecule has 0 fully saturated rings. The Bertz CT molecular complexity index is 287. The molecule has 9 heteroatoms. The van der Waals surface area contributed by atoms with Gasteiger partial charge < -0.3 is 9.47 Å². The third kappa shape index (κ3) is 2450. The van der Waals surface area contributed by atoms with Gasteiger partial charge in [0.2, 0.25) is 0 Å². The van der Waals surface area contributed by atoms with E-state index in [-0.39, 0.29) is 5.97 Å². The van der Waals surface area contributed by atoms with E-state index in [4.69, 9.17) is 0 Å². The molecule has 0 bridgehead atoms. The fraction of sp³-hybridized carbons (Fsp3) is 0.929. The summed E-state index contributed by atoms with van der Waals surface area (Å²) in [4.78, 5) is 9.59. The van der Waals surface area contributed by atoms with E-state index in [0.29, 0.717) is 0 Å². The van der Waals surface area contributed by atoms with Gasteiger partial charge in [-0.3, -0.25) is 9.00 Å². The van der Waals surface area contributed by atoms with Crippen LogP contribution in [0.15, 0.2) is 0 Å². The maximum absolute atomic E-state index is 9.63. The zero-order valence-corrected chi connectivity index (χ0v) is 19.3. The van der Waals surface area contributed by atoms with Crippen LogP contribution in [0, 0.1) is 0 Å². The summed E-state index contributed by atoms with van der Waals surface area (Å²) in [7, 11) is 1.32. The summed E-state index contributed by atoms with van der Waals surface area (Å²) in [5, 5.41) is 0. The fourth-order valence-corrected chi connectivity index (χ4v) is 0. The first-order chi connectivity index (χ1) is 10.2. The molecule has 0 atom stereocenters. The highest BCUT2D eigenvalue weighted by Crippen LogP contribution is 1.70. The van der Waals surface area contributed by atoms with Crippen LogP contribution in [-0.2, 0) is 34.9 Å². The third-order valence-electron chi connectivity index (χ3n) is 0.287. The number of thioether (sulfide) groups is 1. The lowest BCUT2D eigenvalue weighted by Crippen LogP contribution is -1.88. The molecule has 0 unspecified atom stereocenters. The summed E-state index contributed by atoms with van der Waals surface area (Å²) < 4.78 is 37.2. The first kappa shape index (κ1) is 38.4. The maximum atomic E-state index is 9.63. The smallest absolute Gasteiger partial charge is 0.302 e. The van der Waals surface area contributed by atoms with Crippen molar-refractivity contribution in [2.45, 2.75) is 27.2 Å². The third-order valence-corrected chi connectivity index (χ3v) is 0.287. The number of hydrogen-bond donors (Lipinski definition) is 0. The van der Waals surface area contributed by atoms with Gasteiger partial charge in [-0.25, -0.2) is 8.42 Å². The van der Waals surface area contributed by atoms with E-state index in [0.717, 1.165) is 12.5 Å². The molecular formula is C14H38O6S3. The van der Waals surface area contributed by atoms with Gasteiger partial charge in [0.05, 0.1) is 7.11 Å². The molecule has 0 heterocycles. The predicted molar refractivity (Wildman–Crippen MR) is 107 cm³/mol. The highest BCUT2D eigenvalue weighted by Gasteiger charge is 1.79. The lowest BCUT2D eigenvalue weighted by atomic mass is 10.6. The highest BCUT2D eigenvalue weighted by molar-refractivity contribution is 7.97. The SMILES string of the molecule is CCC.COC.COC(C)=O.CS(C)(=O)=O.CS(C)=O.CSC. The Kier molecular flexibility index (Phi) is 63.2. The van der Waals surface area contributed by atoms with Gasteiger partial charge in [-0.15, -0.1) is 0 Å². The standard InChI is InChI=1S/C3H6O2.C3H8.C2H6O2S.C2H6OS.C2H6O.C2H6S/c1-3(4)5-2;1-3-2;1-5(2,3)4;1-4(2)3;2*1-3-2/h1-2H3;3H2,1-2H3;1-2H3;1-2H3;2*1-2H3. The molecule has 0 saturated carbocycles. The van der Waals surface area contributed by atoms with Crippen LogP contribution in [-0.4, -0.2) is 77.5 Å². The number of esters is 1. The Labute approximate surface area is 151 Å².